The average molecular weight is 334 g/mol. The lowest BCUT2D eigenvalue weighted by Gasteiger charge is -2.24. The van der Waals surface area contributed by atoms with E-state index in [9.17, 15) is 4.39 Å². The maximum absolute atomic E-state index is 13.2. The maximum atomic E-state index is 13.2. The first kappa shape index (κ1) is 15.9. The quantitative estimate of drug-likeness (QED) is 0.755. The molecule has 0 radical (unpaired) electrons. The largest absolute Gasteiger partial charge is 0.371 e. The molecule has 1 saturated heterocycles. The standard InChI is InChI=1S/C17H16FN3O.ClH/c18-13-5-6-14-15(9-13)21-17(20-14)12-3-1-11(2-4-12)16-10-19-7-8-22-16;/h1-6,9,16,19H,7-8,10H2,(H,20,21);1H/t16-;/m0./s1. The van der Waals surface area contributed by atoms with Crippen LogP contribution in [0.2, 0.25) is 0 Å². The van der Waals surface area contributed by atoms with Crippen LogP contribution >= 0.6 is 12.4 Å². The van der Waals surface area contributed by atoms with Gasteiger partial charge in [-0.2, -0.15) is 0 Å². The minimum absolute atomic E-state index is 0. The third-order valence-corrected chi connectivity index (χ3v) is 3.93. The molecule has 2 aromatic carbocycles. The summed E-state index contributed by atoms with van der Waals surface area (Å²) in [6.45, 7) is 2.48. The van der Waals surface area contributed by atoms with Crippen LogP contribution in [-0.2, 0) is 4.74 Å². The van der Waals surface area contributed by atoms with Crippen molar-refractivity contribution in [3.05, 3.63) is 53.8 Å². The zero-order valence-electron chi connectivity index (χ0n) is 12.4. The smallest absolute Gasteiger partial charge is 0.138 e. The summed E-state index contributed by atoms with van der Waals surface area (Å²) in [4.78, 5) is 7.66. The number of H-pyrrole nitrogens is 1. The van der Waals surface area contributed by atoms with Crippen LogP contribution in [0.1, 0.15) is 11.7 Å². The Bertz CT molecular complexity index is 797. The fourth-order valence-corrected chi connectivity index (χ4v) is 2.75. The predicted molar refractivity (Wildman–Crippen MR) is 90.3 cm³/mol. The zero-order valence-corrected chi connectivity index (χ0v) is 13.2. The van der Waals surface area contributed by atoms with Gasteiger partial charge in [0.25, 0.3) is 0 Å². The fraction of sp³-hybridized carbons (Fsp3) is 0.235. The Balaban J connectivity index is 0.00000156. The van der Waals surface area contributed by atoms with Crippen molar-refractivity contribution in [2.45, 2.75) is 6.10 Å². The van der Waals surface area contributed by atoms with Crippen molar-refractivity contribution in [3.63, 3.8) is 0 Å². The van der Waals surface area contributed by atoms with Crippen molar-refractivity contribution in [3.8, 4) is 11.4 Å². The number of benzene rings is 2. The molecule has 1 aromatic heterocycles. The van der Waals surface area contributed by atoms with E-state index in [1.165, 1.54) is 12.1 Å². The summed E-state index contributed by atoms with van der Waals surface area (Å²) in [7, 11) is 0. The molecule has 23 heavy (non-hydrogen) atoms. The second-order valence-corrected chi connectivity index (χ2v) is 5.43. The summed E-state index contributed by atoms with van der Waals surface area (Å²) < 4.78 is 19.0. The minimum atomic E-state index is -0.264. The number of nitrogens with zero attached hydrogens (tertiary/aromatic N) is 1. The van der Waals surface area contributed by atoms with Crippen molar-refractivity contribution in [1.82, 2.24) is 15.3 Å². The van der Waals surface area contributed by atoms with Gasteiger partial charge in [0.2, 0.25) is 0 Å². The van der Waals surface area contributed by atoms with E-state index in [4.69, 9.17) is 4.74 Å². The molecular weight excluding hydrogens is 317 g/mol. The summed E-state index contributed by atoms with van der Waals surface area (Å²) in [6.07, 6.45) is 0.104. The molecule has 1 atom stereocenters. The summed E-state index contributed by atoms with van der Waals surface area (Å²) >= 11 is 0. The van der Waals surface area contributed by atoms with E-state index >= 15 is 0 Å². The van der Waals surface area contributed by atoms with E-state index in [1.54, 1.807) is 6.07 Å². The Hall–Kier alpha value is -1.95. The first-order valence-corrected chi connectivity index (χ1v) is 7.37. The van der Waals surface area contributed by atoms with E-state index in [1.807, 2.05) is 12.1 Å². The van der Waals surface area contributed by atoms with Crippen LogP contribution in [0.25, 0.3) is 22.4 Å². The molecule has 2 N–H and O–H groups in total. The van der Waals surface area contributed by atoms with Crippen molar-refractivity contribution in [1.29, 1.82) is 0 Å². The molecule has 0 saturated carbocycles. The number of rotatable bonds is 2. The lowest BCUT2D eigenvalue weighted by atomic mass is 10.1. The number of aromatic nitrogens is 2. The molecule has 0 amide bonds. The summed E-state index contributed by atoms with van der Waals surface area (Å²) in [5.74, 6) is 0.481. The normalized spacial score (nSPS) is 17.9. The molecular formula is C17H17ClFN3O. The van der Waals surface area contributed by atoms with E-state index in [0.717, 1.165) is 42.2 Å². The van der Waals surface area contributed by atoms with Gasteiger partial charge in [-0.05, 0) is 23.8 Å². The van der Waals surface area contributed by atoms with Crippen molar-refractivity contribution < 1.29 is 9.13 Å². The highest BCUT2D eigenvalue weighted by Crippen LogP contribution is 2.24. The molecule has 0 spiro atoms. The third-order valence-electron chi connectivity index (χ3n) is 3.93. The first-order chi connectivity index (χ1) is 10.8. The molecule has 4 rings (SSSR count). The number of morpholine rings is 1. The van der Waals surface area contributed by atoms with Crippen LogP contribution in [0, 0.1) is 5.82 Å². The zero-order chi connectivity index (χ0) is 14.9. The van der Waals surface area contributed by atoms with E-state index in [-0.39, 0.29) is 24.3 Å². The topological polar surface area (TPSA) is 49.9 Å². The lowest BCUT2D eigenvalue weighted by Crippen LogP contribution is -2.33. The Morgan fingerprint density at radius 2 is 1.96 bits per heavy atom. The molecule has 0 unspecified atom stereocenters. The number of fused-ring (bicyclic) bond motifs is 1. The molecule has 3 aromatic rings. The third kappa shape index (κ3) is 3.22. The van der Waals surface area contributed by atoms with Gasteiger partial charge in [0, 0.05) is 18.7 Å². The molecule has 6 heteroatoms. The van der Waals surface area contributed by atoms with Crippen LogP contribution in [0.4, 0.5) is 4.39 Å². The number of halogens is 2. The molecule has 0 aliphatic carbocycles. The molecule has 120 valence electrons. The Morgan fingerprint density at radius 3 is 2.70 bits per heavy atom. The number of ether oxygens (including phenoxy) is 1. The number of imidazole rings is 1. The minimum Gasteiger partial charge on any atom is -0.371 e. The fourth-order valence-electron chi connectivity index (χ4n) is 2.75. The van der Waals surface area contributed by atoms with Crippen LogP contribution in [0.15, 0.2) is 42.5 Å². The van der Waals surface area contributed by atoms with Crippen molar-refractivity contribution in [2.24, 2.45) is 0 Å². The van der Waals surface area contributed by atoms with Gasteiger partial charge in [0.05, 0.1) is 23.7 Å². The van der Waals surface area contributed by atoms with Gasteiger partial charge in [-0.1, -0.05) is 24.3 Å². The molecule has 1 aliphatic rings. The number of aromatic amines is 1. The highest BCUT2D eigenvalue weighted by atomic mass is 35.5. The van der Waals surface area contributed by atoms with E-state index in [2.05, 4.69) is 27.4 Å². The highest BCUT2D eigenvalue weighted by Gasteiger charge is 2.15. The van der Waals surface area contributed by atoms with Gasteiger partial charge in [-0.25, -0.2) is 9.37 Å². The molecule has 0 bridgehead atoms. The summed E-state index contributed by atoms with van der Waals surface area (Å²) in [6, 6.07) is 12.7. The second-order valence-electron chi connectivity index (χ2n) is 5.43. The Labute approximate surface area is 139 Å². The average Bonchev–Trinajstić information content (AvgIpc) is 2.99. The number of nitrogens with one attached hydrogen (secondary N) is 2. The van der Waals surface area contributed by atoms with Gasteiger partial charge in [-0.3, -0.25) is 0 Å². The van der Waals surface area contributed by atoms with Gasteiger partial charge in [-0.15, -0.1) is 12.4 Å². The van der Waals surface area contributed by atoms with Crippen LogP contribution in [0.3, 0.4) is 0 Å². The highest BCUT2D eigenvalue weighted by molar-refractivity contribution is 5.85. The predicted octanol–water partition coefficient (Wildman–Crippen LogP) is 3.45. The maximum Gasteiger partial charge on any atom is 0.138 e. The molecule has 2 heterocycles. The SMILES string of the molecule is Cl.Fc1ccc2nc(-c3ccc([C@@H]4CNCCO4)cc3)[nH]c2c1. The number of hydrogen-bond donors (Lipinski definition) is 2. The van der Waals surface area contributed by atoms with Crippen LogP contribution in [0.5, 0.6) is 0 Å². The lowest BCUT2D eigenvalue weighted by molar-refractivity contribution is 0.0277. The molecule has 1 fully saturated rings. The van der Waals surface area contributed by atoms with Gasteiger partial charge in [0.1, 0.15) is 11.6 Å². The van der Waals surface area contributed by atoms with Crippen molar-refractivity contribution in [2.75, 3.05) is 19.7 Å². The monoisotopic (exact) mass is 333 g/mol. The van der Waals surface area contributed by atoms with Gasteiger partial charge in [0.15, 0.2) is 0 Å². The van der Waals surface area contributed by atoms with Crippen LogP contribution < -0.4 is 5.32 Å². The van der Waals surface area contributed by atoms with Gasteiger partial charge >= 0.3 is 0 Å². The summed E-state index contributed by atoms with van der Waals surface area (Å²) in [5.41, 5.74) is 3.60. The Kier molecular flexibility index (Phi) is 4.61. The van der Waals surface area contributed by atoms with Gasteiger partial charge < -0.3 is 15.0 Å². The van der Waals surface area contributed by atoms with E-state index < -0.39 is 0 Å². The van der Waals surface area contributed by atoms with E-state index in [0.29, 0.717) is 5.52 Å². The van der Waals surface area contributed by atoms with Crippen LogP contribution in [-0.4, -0.2) is 29.7 Å². The molecule has 4 nitrogen and oxygen atoms in total. The summed E-state index contributed by atoms with van der Waals surface area (Å²) in [5, 5.41) is 3.32. The van der Waals surface area contributed by atoms with Crippen molar-refractivity contribution >= 4 is 23.4 Å². The Morgan fingerprint density at radius 1 is 1.13 bits per heavy atom. The molecule has 1 aliphatic heterocycles. The first-order valence-electron chi connectivity index (χ1n) is 7.37. The number of hydrogen-bond acceptors (Lipinski definition) is 3. The second kappa shape index (κ2) is 6.66.